The molecule has 192 valence electrons. The molecule has 0 aromatic rings. The van der Waals surface area contributed by atoms with Crippen LogP contribution in [0.3, 0.4) is 0 Å². The van der Waals surface area contributed by atoms with Crippen LogP contribution in [0, 0.1) is 44.3 Å². The third-order valence-electron chi connectivity index (χ3n) is 13.2. The molecule has 0 bridgehead atoms. The molecule has 0 spiro atoms. The minimum Gasteiger partial charge on any atom is -0.462 e. The van der Waals surface area contributed by atoms with Gasteiger partial charge < -0.3 is 4.74 Å². The number of fused-ring (bicyclic) bond motifs is 6. The second-order valence-corrected chi connectivity index (χ2v) is 15.7. The Kier molecular flexibility index (Phi) is 5.40. The number of carbonyl (C=O) groups excluding carboxylic acids is 1. The monoisotopic (exact) mass is 468 g/mol. The Morgan fingerprint density at radius 3 is 2.12 bits per heavy atom. The Bertz CT molecular complexity index is 910. The molecule has 0 saturated heterocycles. The standard InChI is InChI=1S/C32H52O2/c1-21(33)34-26-13-14-30(7)22-12-15-32(9)25-20-27(2,3)16-17-29(25,6)18-19-31(32,8)23(22)10-11-24(30)28(26,4)5/h24-26H,10-20H2,1-9H3/t24-,25-,26+,29-,30-,31-,32+/m1/s1. The van der Waals surface area contributed by atoms with Gasteiger partial charge >= 0.3 is 5.97 Å². The van der Waals surface area contributed by atoms with E-state index in [1.807, 2.05) is 11.1 Å². The summed E-state index contributed by atoms with van der Waals surface area (Å²) >= 11 is 0. The number of allylic oxidation sites excluding steroid dienone is 2. The van der Waals surface area contributed by atoms with Crippen LogP contribution >= 0.6 is 0 Å². The van der Waals surface area contributed by atoms with Gasteiger partial charge in [0.1, 0.15) is 6.10 Å². The molecule has 5 aliphatic rings. The van der Waals surface area contributed by atoms with E-state index in [9.17, 15) is 4.79 Å². The first-order chi connectivity index (χ1) is 15.6. The number of hydrogen-bond acceptors (Lipinski definition) is 2. The van der Waals surface area contributed by atoms with Crippen LogP contribution in [0.1, 0.15) is 133 Å². The normalized spacial score (nSPS) is 49.3. The molecular formula is C32H52O2. The summed E-state index contributed by atoms with van der Waals surface area (Å²) in [6.45, 7) is 22.1. The zero-order valence-electron chi connectivity index (χ0n) is 23.8. The average molecular weight is 469 g/mol. The molecule has 0 amide bonds. The average Bonchev–Trinajstić information content (AvgIpc) is 2.73. The topological polar surface area (TPSA) is 26.3 Å². The lowest BCUT2D eigenvalue weighted by Gasteiger charge is -2.69. The number of rotatable bonds is 1. The molecule has 0 heterocycles. The maximum absolute atomic E-state index is 11.9. The molecule has 0 aromatic carbocycles. The molecule has 2 nitrogen and oxygen atoms in total. The van der Waals surface area contributed by atoms with Crippen molar-refractivity contribution >= 4 is 5.97 Å². The van der Waals surface area contributed by atoms with Crippen LogP contribution < -0.4 is 0 Å². The number of ether oxygens (including phenoxy) is 1. The Balaban J connectivity index is 1.54. The van der Waals surface area contributed by atoms with Crippen LogP contribution in [-0.2, 0) is 9.53 Å². The molecule has 0 radical (unpaired) electrons. The lowest BCUT2D eigenvalue weighted by Crippen LogP contribution is -2.61. The molecule has 5 rings (SSSR count). The van der Waals surface area contributed by atoms with Crippen LogP contribution in [0.2, 0.25) is 0 Å². The van der Waals surface area contributed by atoms with E-state index in [1.54, 1.807) is 6.92 Å². The quantitative estimate of drug-likeness (QED) is 0.284. The van der Waals surface area contributed by atoms with Gasteiger partial charge in [0.25, 0.3) is 0 Å². The van der Waals surface area contributed by atoms with Gasteiger partial charge in [-0.3, -0.25) is 4.79 Å². The highest BCUT2D eigenvalue weighted by Crippen LogP contribution is 2.75. The summed E-state index contributed by atoms with van der Waals surface area (Å²) in [5, 5.41) is 0. The van der Waals surface area contributed by atoms with Crippen molar-refractivity contribution in [2.24, 2.45) is 44.3 Å². The van der Waals surface area contributed by atoms with E-state index in [0.29, 0.717) is 27.6 Å². The summed E-state index contributed by atoms with van der Waals surface area (Å²) in [5.41, 5.74) is 5.83. The van der Waals surface area contributed by atoms with Gasteiger partial charge in [0.2, 0.25) is 0 Å². The fourth-order valence-electron chi connectivity index (χ4n) is 10.8. The molecule has 34 heavy (non-hydrogen) atoms. The summed E-state index contributed by atoms with van der Waals surface area (Å²) in [6, 6.07) is 0. The Labute approximate surface area is 210 Å². The molecular weight excluding hydrogens is 416 g/mol. The highest BCUT2D eigenvalue weighted by molar-refractivity contribution is 5.66. The zero-order chi connectivity index (χ0) is 24.9. The molecule has 0 aromatic heterocycles. The summed E-state index contributed by atoms with van der Waals surface area (Å²) in [5.74, 6) is 1.34. The Hall–Kier alpha value is -0.790. The zero-order valence-corrected chi connectivity index (χ0v) is 23.8. The first-order valence-corrected chi connectivity index (χ1v) is 14.5. The molecule has 2 heteroatoms. The van der Waals surface area contributed by atoms with E-state index in [0.717, 1.165) is 12.3 Å². The van der Waals surface area contributed by atoms with Gasteiger partial charge in [-0.05, 0) is 110 Å². The fraction of sp³-hybridized carbons (Fsp3) is 0.906. The summed E-state index contributed by atoms with van der Waals surface area (Å²) in [4.78, 5) is 11.9. The molecule has 0 unspecified atom stereocenters. The third kappa shape index (κ3) is 3.21. The van der Waals surface area contributed by atoms with Crippen molar-refractivity contribution in [3.8, 4) is 0 Å². The van der Waals surface area contributed by atoms with Crippen LogP contribution in [0.5, 0.6) is 0 Å². The summed E-state index contributed by atoms with van der Waals surface area (Å²) in [6.07, 6.45) is 14.5. The van der Waals surface area contributed by atoms with Gasteiger partial charge in [-0.1, -0.05) is 66.5 Å². The number of carbonyl (C=O) groups is 1. The van der Waals surface area contributed by atoms with Crippen molar-refractivity contribution in [3.63, 3.8) is 0 Å². The van der Waals surface area contributed by atoms with Gasteiger partial charge in [-0.2, -0.15) is 0 Å². The minimum atomic E-state index is -0.112. The number of hydrogen-bond donors (Lipinski definition) is 0. The van der Waals surface area contributed by atoms with E-state index in [1.165, 1.54) is 64.2 Å². The van der Waals surface area contributed by atoms with Crippen LogP contribution in [0.4, 0.5) is 0 Å². The molecule has 0 N–H and O–H groups in total. The highest BCUT2D eigenvalue weighted by atomic mass is 16.5. The van der Waals surface area contributed by atoms with Crippen LogP contribution in [-0.4, -0.2) is 12.1 Å². The van der Waals surface area contributed by atoms with Gasteiger partial charge in [0.05, 0.1) is 0 Å². The van der Waals surface area contributed by atoms with Gasteiger partial charge in [0, 0.05) is 12.3 Å². The van der Waals surface area contributed by atoms with Crippen molar-refractivity contribution < 1.29 is 9.53 Å². The van der Waals surface area contributed by atoms with E-state index >= 15 is 0 Å². The predicted molar refractivity (Wildman–Crippen MR) is 140 cm³/mol. The van der Waals surface area contributed by atoms with Crippen LogP contribution in [0.25, 0.3) is 0 Å². The molecule has 5 aliphatic carbocycles. The summed E-state index contributed by atoms with van der Waals surface area (Å²) < 4.78 is 5.89. The number of esters is 1. The van der Waals surface area contributed by atoms with Crippen molar-refractivity contribution in [2.45, 2.75) is 139 Å². The minimum absolute atomic E-state index is 0.0391. The van der Waals surface area contributed by atoms with Crippen molar-refractivity contribution in [1.29, 1.82) is 0 Å². The summed E-state index contributed by atoms with van der Waals surface area (Å²) in [7, 11) is 0. The molecule has 7 atom stereocenters. The Morgan fingerprint density at radius 2 is 1.44 bits per heavy atom. The predicted octanol–water partition coefficient (Wildman–Crippen LogP) is 8.88. The van der Waals surface area contributed by atoms with Crippen LogP contribution in [0.15, 0.2) is 11.1 Å². The Morgan fingerprint density at radius 1 is 0.765 bits per heavy atom. The maximum atomic E-state index is 11.9. The molecule has 3 saturated carbocycles. The lowest BCUT2D eigenvalue weighted by molar-refractivity contribution is -0.171. The van der Waals surface area contributed by atoms with Gasteiger partial charge in [-0.25, -0.2) is 0 Å². The lowest BCUT2D eigenvalue weighted by atomic mass is 9.35. The molecule has 0 aliphatic heterocycles. The second kappa shape index (κ2) is 7.38. The van der Waals surface area contributed by atoms with Crippen molar-refractivity contribution in [1.82, 2.24) is 0 Å². The third-order valence-corrected chi connectivity index (χ3v) is 13.2. The maximum Gasteiger partial charge on any atom is 0.302 e. The van der Waals surface area contributed by atoms with E-state index in [4.69, 9.17) is 4.74 Å². The highest BCUT2D eigenvalue weighted by Gasteiger charge is 2.66. The first-order valence-electron chi connectivity index (χ1n) is 14.5. The van der Waals surface area contributed by atoms with Crippen molar-refractivity contribution in [3.05, 3.63) is 11.1 Å². The van der Waals surface area contributed by atoms with E-state index in [2.05, 4.69) is 55.4 Å². The van der Waals surface area contributed by atoms with Gasteiger partial charge in [0.15, 0.2) is 0 Å². The smallest absolute Gasteiger partial charge is 0.302 e. The fourth-order valence-corrected chi connectivity index (χ4v) is 10.8. The van der Waals surface area contributed by atoms with E-state index < -0.39 is 0 Å². The SMILES string of the molecule is CC(=O)O[C@H]1CC[C@]2(C)C3=C(CC[C@@H]2C1(C)C)[C@@]1(C)CC[C@@]2(C)CCC(C)(C)C[C@H]2[C@]1(C)CC3. The van der Waals surface area contributed by atoms with Gasteiger partial charge in [-0.15, -0.1) is 0 Å². The second-order valence-electron chi connectivity index (χ2n) is 15.7. The largest absolute Gasteiger partial charge is 0.462 e. The first kappa shape index (κ1) is 24.9. The van der Waals surface area contributed by atoms with E-state index in [-0.39, 0.29) is 22.9 Å². The molecule has 3 fully saturated rings. The van der Waals surface area contributed by atoms with Crippen molar-refractivity contribution in [2.75, 3.05) is 0 Å².